The summed E-state index contributed by atoms with van der Waals surface area (Å²) in [5.74, 6) is 0. The first-order valence-electron chi connectivity index (χ1n) is 9.20. The summed E-state index contributed by atoms with van der Waals surface area (Å²) in [6.45, 7) is 1.08. The van der Waals surface area contributed by atoms with E-state index in [-0.39, 0.29) is 12.1 Å². The molecule has 0 saturated carbocycles. The van der Waals surface area contributed by atoms with Gasteiger partial charge in [0.25, 0.3) is 6.01 Å². The molecule has 2 atom stereocenters. The molecule has 0 spiro atoms. The Morgan fingerprint density at radius 2 is 2.07 bits per heavy atom. The van der Waals surface area contributed by atoms with Crippen LogP contribution in [0.15, 0.2) is 28.1 Å². The van der Waals surface area contributed by atoms with Crippen LogP contribution in [0.25, 0.3) is 21.7 Å². The average Bonchev–Trinajstić information content (AvgIpc) is 3.36. The third-order valence-corrected chi connectivity index (χ3v) is 6.37. The zero-order chi connectivity index (χ0) is 19.3. The Hall–Kier alpha value is -2.94. The van der Waals surface area contributed by atoms with Gasteiger partial charge >= 0.3 is 6.09 Å². The first kappa shape index (κ1) is 17.2. The molecular formula is C19H18N4O4S. The van der Waals surface area contributed by atoms with E-state index in [2.05, 4.69) is 9.97 Å². The van der Waals surface area contributed by atoms with Crippen LogP contribution < -0.4 is 4.90 Å². The lowest BCUT2D eigenvalue weighted by molar-refractivity contribution is 0.0593. The van der Waals surface area contributed by atoms with Gasteiger partial charge in [-0.3, -0.25) is 9.69 Å². The molecule has 3 aromatic rings. The highest BCUT2D eigenvalue weighted by molar-refractivity contribution is 7.13. The van der Waals surface area contributed by atoms with E-state index in [4.69, 9.17) is 4.42 Å². The Bertz CT molecular complexity index is 1030. The number of aldehydes is 1. The number of carbonyl (C=O) groups excluding carboxylic acids is 1. The molecule has 0 radical (unpaired) electrons. The number of rotatable bonds is 3. The van der Waals surface area contributed by atoms with Gasteiger partial charge in [0.1, 0.15) is 10.5 Å². The number of carboxylic acid groups (broad SMARTS) is 1. The fraction of sp³-hybridized carbons (Fsp3) is 0.368. The minimum Gasteiger partial charge on any atom is -0.465 e. The molecule has 2 saturated heterocycles. The normalized spacial score (nSPS) is 21.9. The van der Waals surface area contributed by atoms with Crippen molar-refractivity contribution in [1.82, 2.24) is 14.9 Å². The maximum absolute atomic E-state index is 11.6. The number of carbonyl (C=O) groups is 2. The summed E-state index contributed by atoms with van der Waals surface area (Å²) < 4.78 is 6.12. The highest BCUT2D eigenvalue weighted by Gasteiger charge is 2.41. The van der Waals surface area contributed by atoms with Gasteiger partial charge in [-0.05, 0) is 31.4 Å². The van der Waals surface area contributed by atoms with Gasteiger partial charge in [0.2, 0.25) is 0 Å². The minimum atomic E-state index is -0.860. The van der Waals surface area contributed by atoms with Gasteiger partial charge in [0.05, 0.1) is 17.6 Å². The highest BCUT2D eigenvalue weighted by Crippen LogP contribution is 2.36. The van der Waals surface area contributed by atoms with E-state index < -0.39 is 6.09 Å². The number of piperidine rings is 1. The molecule has 2 aromatic heterocycles. The molecule has 144 valence electrons. The number of fused-ring (bicyclic) bond motifs is 3. The molecule has 28 heavy (non-hydrogen) atoms. The molecule has 9 heteroatoms. The monoisotopic (exact) mass is 398 g/mol. The first-order chi connectivity index (χ1) is 13.7. The lowest BCUT2D eigenvalue weighted by Gasteiger charge is -2.48. The quantitative estimate of drug-likeness (QED) is 0.674. The van der Waals surface area contributed by atoms with Crippen molar-refractivity contribution in [2.24, 2.45) is 0 Å². The molecule has 2 aliphatic heterocycles. The van der Waals surface area contributed by atoms with Crippen molar-refractivity contribution in [3.63, 3.8) is 0 Å². The van der Waals surface area contributed by atoms with Crippen LogP contribution >= 0.6 is 11.3 Å². The summed E-state index contributed by atoms with van der Waals surface area (Å²) in [7, 11) is 0. The van der Waals surface area contributed by atoms with Gasteiger partial charge in [0, 0.05) is 30.2 Å². The molecule has 4 heterocycles. The maximum Gasteiger partial charge on any atom is 0.407 e. The van der Waals surface area contributed by atoms with Crippen molar-refractivity contribution < 1.29 is 19.1 Å². The maximum atomic E-state index is 11.6. The largest absolute Gasteiger partial charge is 0.465 e. The van der Waals surface area contributed by atoms with Crippen LogP contribution in [0.5, 0.6) is 0 Å². The zero-order valence-corrected chi connectivity index (χ0v) is 15.8. The van der Waals surface area contributed by atoms with E-state index in [1.807, 2.05) is 16.3 Å². The van der Waals surface area contributed by atoms with Crippen molar-refractivity contribution in [2.75, 3.05) is 18.0 Å². The second-order valence-corrected chi connectivity index (χ2v) is 8.06. The van der Waals surface area contributed by atoms with Crippen LogP contribution in [-0.2, 0) is 0 Å². The topological polar surface area (TPSA) is 99.8 Å². The van der Waals surface area contributed by atoms with E-state index in [1.165, 1.54) is 11.3 Å². The number of hydrogen-bond acceptors (Lipinski definition) is 7. The van der Waals surface area contributed by atoms with Crippen LogP contribution in [0, 0.1) is 0 Å². The molecule has 0 aliphatic carbocycles. The van der Waals surface area contributed by atoms with Gasteiger partial charge < -0.3 is 14.4 Å². The van der Waals surface area contributed by atoms with Gasteiger partial charge in [-0.1, -0.05) is 0 Å². The number of aromatic nitrogens is 2. The summed E-state index contributed by atoms with van der Waals surface area (Å²) >= 11 is 1.49. The van der Waals surface area contributed by atoms with E-state index in [0.717, 1.165) is 36.1 Å². The van der Waals surface area contributed by atoms with Crippen molar-refractivity contribution in [3.8, 4) is 10.6 Å². The van der Waals surface area contributed by atoms with E-state index in [1.54, 1.807) is 17.2 Å². The number of nitrogens with zero attached hydrogens (tertiary/aromatic N) is 4. The van der Waals surface area contributed by atoms with Crippen LogP contribution in [0.3, 0.4) is 0 Å². The van der Waals surface area contributed by atoms with E-state index >= 15 is 0 Å². The van der Waals surface area contributed by atoms with Crippen LogP contribution in [0.4, 0.5) is 10.8 Å². The van der Waals surface area contributed by atoms with Gasteiger partial charge in [-0.2, -0.15) is 4.98 Å². The van der Waals surface area contributed by atoms with Gasteiger partial charge in [-0.15, -0.1) is 11.3 Å². The number of amides is 1. The van der Waals surface area contributed by atoms with Crippen molar-refractivity contribution in [2.45, 2.75) is 31.3 Å². The van der Waals surface area contributed by atoms with Crippen LogP contribution in [0.2, 0.25) is 0 Å². The van der Waals surface area contributed by atoms with Crippen LogP contribution in [-0.4, -0.2) is 57.5 Å². The molecule has 2 aliphatic rings. The van der Waals surface area contributed by atoms with E-state index in [0.29, 0.717) is 35.8 Å². The second kappa shape index (κ2) is 6.59. The molecule has 2 bridgehead atoms. The third-order valence-electron chi connectivity index (χ3n) is 5.57. The summed E-state index contributed by atoms with van der Waals surface area (Å²) in [5, 5.41) is 12.2. The number of hydrogen-bond donors (Lipinski definition) is 1. The van der Waals surface area contributed by atoms with Gasteiger partial charge in [-0.25, -0.2) is 9.78 Å². The molecule has 1 amide bonds. The Labute approximate surface area is 164 Å². The Morgan fingerprint density at radius 1 is 1.29 bits per heavy atom. The number of anilines is 1. The summed E-state index contributed by atoms with van der Waals surface area (Å²) in [6, 6.07) is 3.86. The van der Waals surface area contributed by atoms with Gasteiger partial charge in [0.15, 0.2) is 11.9 Å². The average molecular weight is 398 g/mol. The number of benzene rings is 1. The lowest BCUT2D eigenvalue weighted by atomic mass is 9.92. The highest BCUT2D eigenvalue weighted by atomic mass is 32.1. The van der Waals surface area contributed by atoms with Crippen molar-refractivity contribution in [1.29, 1.82) is 0 Å². The predicted octanol–water partition coefficient (Wildman–Crippen LogP) is 3.48. The smallest absolute Gasteiger partial charge is 0.407 e. The molecule has 5 rings (SSSR count). The molecular weight excluding hydrogens is 380 g/mol. The lowest BCUT2D eigenvalue weighted by Crippen LogP contribution is -2.62. The number of thiazole rings is 1. The molecule has 1 aromatic carbocycles. The minimum absolute atomic E-state index is 0.0658. The number of piperazine rings is 1. The third kappa shape index (κ3) is 2.65. The van der Waals surface area contributed by atoms with Crippen molar-refractivity contribution in [3.05, 3.63) is 29.3 Å². The van der Waals surface area contributed by atoms with Crippen LogP contribution in [0.1, 0.15) is 29.6 Å². The second-order valence-electron chi connectivity index (χ2n) is 7.17. The van der Waals surface area contributed by atoms with E-state index in [9.17, 15) is 14.7 Å². The number of oxazole rings is 1. The Kier molecular flexibility index (Phi) is 4.04. The SMILES string of the molecule is O=Cc1ccc(-c2nccs2)c2oc(N3CC4CCCC(C3)N4C(=O)O)nc12. The fourth-order valence-corrected chi connectivity index (χ4v) is 5.01. The molecule has 2 unspecified atom stereocenters. The first-order valence-corrected chi connectivity index (χ1v) is 10.1. The Balaban J connectivity index is 1.56. The zero-order valence-electron chi connectivity index (χ0n) is 14.9. The summed E-state index contributed by atoms with van der Waals surface area (Å²) in [5.41, 5.74) is 2.33. The standard InChI is InChI=1S/C19H18N4O4S/c24-10-11-4-5-14(17-20-6-7-28-17)16-15(11)21-18(27-16)22-8-12-2-1-3-13(9-22)23(12)19(25)26/h4-7,10,12-13H,1-3,8-9H2,(H,25,26). The Morgan fingerprint density at radius 3 is 2.71 bits per heavy atom. The summed E-state index contributed by atoms with van der Waals surface area (Å²) in [4.78, 5) is 35.7. The predicted molar refractivity (Wildman–Crippen MR) is 104 cm³/mol. The molecule has 1 N–H and O–H groups in total. The summed E-state index contributed by atoms with van der Waals surface area (Å²) in [6.07, 6.45) is 4.35. The molecule has 8 nitrogen and oxygen atoms in total. The van der Waals surface area contributed by atoms with Crippen molar-refractivity contribution >= 4 is 40.8 Å². The molecule has 2 fully saturated rings. The fourth-order valence-electron chi connectivity index (χ4n) is 4.35.